The molecular weight excluding hydrogens is 431 g/mol. The Balaban J connectivity index is 0.00000312. The Labute approximate surface area is 169 Å². The van der Waals surface area contributed by atoms with Gasteiger partial charge in [0, 0.05) is 33.8 Å². The first kappa shape index (κ1) is 22.5. The quantitative estimate of drug-likeness (QED) is 0.359. The standard InChI is InChI=1S/C18H34N4O2.HI/c1-5-19-16(20-13-17(2)9-8-12-24-17)21-14-18(10-6-7-11-18)15(23)22(3)4;/h5-14H2,1-4H3,(H2,19,20,21);1H. The van der Waals surface area contributed by atoms with Gasteiger partial charge in [0.05, 0.1) is 17.6 Å². The van der Waals surface area contributed by atoms with Gasteiger partial charge in [-0.25, -0.2) is 0 Å². The minimum Gasteiger partial charge on any atom is -0.373 e. The van der Waals surface area contributed by atoms with E-state index in [1.165, 1.54) is 0 Å². The van der Waals surface area contributed by atoms with Gasteiger partial charge >= 0.3 is 0 Å². The number of amides is 1. The number of carbonyl (C=O) groups is 1. The molecule has 0 bridgehead atoms. The van der Waals surface area contributed by atoms with E-state index in [4.69, 9.17) is 9.73 Å². The van der Waals surface area contributed by atoms with E-state index in [-0.39, 0.29) is 40.9 Å². The van der Waals surface area contributed by atoms with Crippen molar-refractivity contribution in [1.29, 1.82) is 0 Å². The molecule has 2 fully saturated rings. The van der Waals surface area contributed by atoms with Gasteiger partial charge in [0.2, 0.25) is 5.91 Å². The molecule has 0 radical (unpaired) electrons. The van der Waals surface area contributed by atoms with E-state index in [1.54, 1.807) is 4.90 Å². The van der Waals surface area contributed by atoms with E-state index < -0.39 is 0 Å². The van der Waals surface area contributed by atoms with Crippen LogP contribution < -0.4 is 10.6 Å². The Morgan fingerprint density at radius 3 is 2.36 bits per heavy atom. The Bertz CT molecular complexity index is 456. The van der Waals surface area contributed by atoms with Gasteiger partial charge < -0.3 is 20.3 Å². The SMILES string of the molecule is CCNC(=NCC1(C)CCCO1)NCC1(C(=O)N(C)C)CCCC1.I. The molecule has 2 rings (SSSR count). The van der Waals surface area contributed by atoms with Crippen LogP contribution in [0.1, 0.15) is 52.4 Å². The summed E-state index contributed by atoms with van der Waals surface area (Å²) in [5.74, 6) is 1.02. The van der Waals surface area contributed by atoms with Crippen LogP contribution in [0.3, 0.4) is 0 Å². The summed E-state index contributed by atoms with van der Waals surface area (Å²) in [6.07, 6.45) is 6.32. The Hall–Kier alpha value is -0.570. The monoisotopic (exact) mass is 466 g/mol. The lowest BCUT2D eigenvalue weighted by molar-refractivity contribution is -0.138. The average molecular weight is 466 g/mol. The van der Waals surface area contributed by atoms with Crippen LogP contribution in [0, 0.1) is 5.41 Å². The maximum absolute atomic E-state index is 12.7. The van der Waals surface area contributed by atoms with Crippen LogP contribution >= 0.6 is 24.0 Å². The van der Waals surface area contributed by atoms with Crippen molar-refractivity contribution in [2.24, 2.45) is 10.4 Å². The second-order valence-electron chi connectivity index (χ2n) is 7.64. The minimum absolute atomic E-state index is 0. The highest BCUT2D eigenvalue weighted by Crippen LogP contribution is 2.38. The maximum atomic E-state index is 12.7. The predicted molar refractivity (Wildman–Crippen MR) is 113 cm³/mol. The summed E-state index contributed by atoms with van der Waals surface area (Å²) in [6.45, 7) is 7.11. The molecule has 0 aromatic heterocycles. The van der Waals surface area contributed by atoms with Crippen molar-refractivity contribution in [3.05, 3.63) is 0 Å². The third kappa shape index (κ3) is 5.98. The van der Waals surface area contributed by atoms with Gasteiger partial charge in [-0.15, -0.1) is 24.0 Å². The number of guanidine groups is 1. The van der Waals surface area contributed by atoms with Crippen LogP contribution in [0.25, 0.3) is 0 Å². The predicted octanol–water partition coefficient (Wildman–Crippen LogP) is 2.38. The summed E-state index contributed by atoms with van der Waals surface area (Å²) in [5, 5.41) is 6.71. The van der Waals surface area contributed by atoms with Gasteiger partial charge in [-0.1, -0.05) is 12.8 Å². The van der Waals surface area contributed by atoms with Crippen LogP contribution in [0.5, 0.6) is 0 Å². The topological polar surface area (TPSA) is 66.0 Å². The molecule has 0 aromatic carbocycles. The lowest BCUT2D eigenvalue weighted by Crippen LogP contribution is -2.49. The first-order valence-electron chi connectivity index (χ1n) is 9.29. The molecule has 0 spiro atoms. The number of hydrogen-bond donors (Lipinski definition) is 2. The molecule has 25 heavy (non-hydrogen) atoms. The maximum Gasteiger partial charge on any atom is 0.230 e. The number of ether oxygens (including phenoxy) is 1. The fraction of sp³-hybridized carbons (Fsp3) is 0.889. The van der Waals surface area contributed by atoms with E-state index in [0.717, 1.165) is 57.6 Å². The molecule has 1 amide bonds. The zero-order chi connectivity index (χ0) is 17.6. The Morgan fingerprint density at radius 1 is 1.16 bits per heavy atom. The van der Waals surface area contributed by atoms with Crippen molar-refractivity contribution in [1.82, 2.24) is 15.5 Å². The van der Waals surface area contributed by atoms with E-state index in [9.17, 15) is 4.79 Å². The molecule has 146 valence electrons. The molecule has 1 heterocycles. The summed E-state index contributed by atoms with van der Waals surface area (Å²) in [4.78, 5) is 19.1. The molecule has 6 nitrogen and oxygen atoms in total. The van der Waals surface area contributed by atoms with Gasteiger partial charge in [0.1, 0.15) is 0 Å². The van der Waals surface area contributed by atoms with E-state index in [0.29, 0.717) is 13.1 Å². The zero-order valence-corrected chi connectivity index (χ0v) is 18.5. The number of hydrogen-bond acceptors (Lipinski definition) is 3. The van der Waals surface area contributed by atoms with Crippen molar-refractivity contribution in [2.45, 2.75) is 58.0 Å². The fourth-order valence-electron chi connectivity index (χ4n) is 3.79. The number of carbonyl (C=O) groups excluding carboxylic acids is 1. The van der Waals surface area contributed by atoms with Crippen molar-refractivity contribution >= 4 is 35.8 Å². The third-order valence-corrected chi connectivity index (χ3v) is 5.23. The van der Waals surface area contributed by atoms with Gasteiger partial charge in [-0.3, -0.25) is 9.79 Å². The van der Waals surface area contributed by atoms with Crippen LogP contribution in [0.2, 0.25) is 0 Å². The highest BCUT2D eigenvalue weighted by atomic mass is 127. The fourth-order valence-corrected chi connectivity index (χ4v) is 3.79. The third-order valence-electron chi connectivity index (χ3n) is 5.23. The number of nitrogens with zero attached hydrogens (tertiary/aromatic N) is 2. The highest BCUT2D eigenvalue weighted by molar-refractivity contribution is 14.0. The van der Waals surface area contributed by atoms with Crippen LogP contribution in [-0.2, 0) is 9.53 Å². The molecule has 1 saturated heterocycles. The van der Waals surface area contributed by atoms with Gasteiger partial charge in [-0.05, 0) is 39.5 Å². The first-order valence-corrected chi connectivity index (χ1v) is 9.29. The van der Waals surface area contributed by atoms with E-state index >= 15 is 0 Å². The second kappa shape index (κ2) is 9.94. The largest absolute Gasteiger partial charge is 0.373 e. The number of nitrogens with one attached hydrogen (secondary N) is 2. The van der Waals surface area contributed by atoms with Crippen molar-refractivity contribution < 1.29 is 9.53 Å². The molecule has 1 atom stereocenters. The molecule has 0 aromatic rings. The molecule has 1 aliphatic carbocycles. The summed E-state index contributed by atoms with van der Waals surface area (Å²) in [5.41, 5.74) is -0.430. The van der Waals surface area contributed by atoms with Crippen LogP contribution in [0.15, 0.2) is 4.99 Å². The van der Waals surface area contributed by atoms with Crippen molar-refractivity contribution in [3.8, 4) is 0 Å². The molecular formula is C18H35IN4O2. The molecule has 7 heteroatoms. The van der Waals surface area contributed by atoms with E-state index in [1.807, 2.05) is 14.1 Å². The summed E-state index contributed by atoms with van der Waals surface area (Å²) in [6, 6.07) is 0. The zero-order valence-electron chi connectivity index (χ0n) is 16.2. The number of rotatable bonds is 6. The van der Waals surface area contributed by atoms with Gasteiger partial charge in [0.25, 0.3) is 0 Å². The molecule has 1 unspecified atom stereocenters. The summed E-state index contributed by atoms with van der Waals surface area (Å²) >= 11 is 0. The lowest BCUT2D eigenvalue weighted by Gasteiger charge is -2.31. The smallest absolute Gasteiger partial charge is 0.230 e. The first-order chi connectivity index (χ1) is 11.4. The Kier molecular flexibility index (Phi) is 8.94. The van der Waals surface area contributed by atoms with Crippen LogP contribution in [-0.4, -0.2) is 62.7 Å². The Morgan fingerprint density at radius 2 is 1.84 bits per heavy atom. The molecule has 1 aliphatic heterocycles. The normalized spacial score (nSPS) is 25.4. The molecule has 2 aliphatic rings. The lowest BCUT2D eigenvalue weighted by atomic mass is 9.84. The van der Waals surface area contributed by atoms with Crippen LogP contribution in [0.4, 0.5) is 0 Å². The van der Waals surface area contributed by atoms with E-state index in [2.05, 4.69) is 24.5 Å². The number of halogens is 1. The average Bonchev–Trinajstić information content (AvgIpc) is 3.20. The summed E-state index contributed by atoms with van der Waals surface area (Å²) in [7, 11) is 3.69. The minimum atomic E-state index is -0.284. The second-order valence-corrected chi connectivity index (χ2v) is 7.64. The summed E-state index contributed by atoms with van der Waals surface area (Å²) < 4.78 is 5.81. The van der Waals surface area contributed by atoms with Crippen molar-refractivity contribution in [2.75, 3.05) is 40.3 Å². The van der Waals surface area contributed by atoms with Gasteiger partial charge in [0.15, 0.2) is 5.96 Å². The number of aliphatic imine (C=N–C) groups is 1. The highest BCUT2D eigenvalue weighted by Gasteiger charge is 2.42. The van der Waals surface area contributed by atoms with Gasteiger partial charge in [-0.2, -0.15) is 0 Å². The molecule has 2 N–H and O–H groups in total. The van der Waals surface area contributed by atoms with Crippen molar-refractivity contribution in [3.63, 3.8) is 0 Å². The molecule has 1 saturated carbocycles.